The van der Waals surface area contributed by atoms with Crippen molar-refractivity contribution in [2.45, 2.75) is 25.7 Å². The Bertz CT molecular complexity index is 1160. The second kappa shape index (κ2) is 8.90. The molecule has 0 atom stereocenters. The van der Waals surface area contributed by atoms with Crippen LogP contribution in [-0.4, -0.2) is 20.9 Å². The van der Waals surface area contributed by atoms with E-state index >= 15 is 0 Å². The van der Waals surface area contributed by atoms with Crippen LogP contribution in [-0.2, 0) is 14.8 Å². The molecule has 5 nitrogen and oxygen atoms in total. The monoisotopic (exact) mass is 442 g/mol. The number of hydrogen-bond donors (Lipinski definition) is 1. The first-order chi connectivity index (χ1) is 14.2. The minimum absolute atomic E-state index is 0.128. The number of halogens is 1. The van der Waals surface area contributed by atoms with E-state index in [-0.39, 0.29) is 11.4 Å². The summed E-state index contributed by atoms with van der Waals surface area (Å²) in [6.45, 7) is 5.19. The van der Waals surface area contributed by atoms with Crippen LogP contribution >= 0.6 is 11.6 Å². The van der Waals surface area contributed by atoms with Crippen molar-refractivity contribution in [2.75, 3.05) is 16.2 Å². The van der Waals surface area contributed by atoms with Crippen molar-refractivity contribution in [1.29, 1.82) is 0 Å². The lowest BCUT2D eigenvalue weighted by atomic mass is 10.1. The molecular weight excluding hydrogens is 420 g/mol. The summed E-state index contributed by atoms with van der Waals surface area (Å²) in [7, 11) is -3.95. The number of carbonyl (C=O) groups excluding carboxylic acids is 1. The van der Waals surface area contributed by atoms with E-state index in [9.17, 15) is 13.2 Å². The maximum absolute atomic E-state index is 13.4. The second-order valence-corrected chi connectivity index (χ2v) is 9.42. The molecular formula is C23H23ClN2O3S. The van der Waals surface area contributed by atoms with Crippen LogP contribution in [0.5, 0.6) is 0 Å². The number of rotatable bonds is 6. The van der Waals surface area contributed by atoms with Gasteiger partial charge in [-0.1, -0.05) is 48.0 Å². The van der Waals surface area contributed by atoms with Gasteiger partial charge in [-0.15, -0.1) is 0 Å². The number of nitrogens with one attached hydrogen (secondary N) is 1. The Hall–Kier alpha value is -2.83. The van der Waals surface area contributed by atoms with Gasteiger partial charge in [0.05, 0.1) is 21.3 Å². The molecule has 156 valence electrons. The Labute approximate surface area is 182 Å². The molecule has 0 spiro atoms. The second-order valence-electron chi connectivity index (χ2n) is 7.15. The summed E-state index contributed by atoms with van der Waals surface area (Å²) in [4.78, 5) is 13.0. The maximum Gasteiger partial charge on any atom is 0.264 e. The van der Waals surface area contributed by atoms with Gasteiger partial charge in [-0.2, -0.15) is 0 Å². The van der Waals surface area contributed by atoms with Crippen molar-refractivity contribution in [3.05, 3.63) is 88.4 Å². The molecule has 0 aliphatic heterocycles. The van der Waals surface area contributed by atoms with Gasteiger partial charge in [0.1, 0.15) is 6.54 Å². The minimum atomic E-state index is -3.95. The summed E-state index contributed by atoms with van der Waals surface area (Å²) < 4.78 is 27.8. The smallest absolute Gasteiger partial charge is 0.264 e. The predicted molar refractivity (Wildman–Crippen MR) is 122 cm³/mol. The highest BCUT2D eigenvalue weighted by Crippen LogP contribution is 2.28. The fourth-order valence-electron chi connectivity index (χ4n) is 3.20. The van der Waals surface area contributed by atoms with E-state index in [1.54, 1.807) is 48.5 Å². The number of benzene rings is 3. The number of aryl methyl sites for hydroxylation is 3. The number of sulfonamides is 1. The Balaban J connectivity index is 1.96. The number of nitrogens with zero attached hydrogens (tertiary/aromatic N) is 1. The summed E-state index contributed by atoms with van der Waals surface area (Å²) in [6, 6.07) is 18.8. The summed E-state index contributed by atoms with van der Waals surface area (Å²) in [5, 5.41) is 3.17. The lowest BCUT2D eigenvalue weighted by molar-refractivity contribution is -0.114. The molecule has 0 unspecified atom stereocenters. The highest BCUT2D eigenvalue weighted by Gasteiger charge is 2.27. The molecule has 0 saturated carbocycles. The third kappa shape index (κ3) is 4.83. The van der Waals surface area contributed by atoms with E-state index in [0.29, 0.717) is 16.4 Å². The third-order valence-corrected chi connectivity index (χ3v) is 6.67. The maximum atomic E-state index is 13.4. The summed E-state index contributed by atoms with van der Waals surface area (Å²) in [5.74, 6) is -0.482. The van der Waals surface area contributed by atoms with Crippen LogP contribution in [0.2, 0.25) is 5.02 Å². The van der Waals surface area contributed by atoms with Crippen molar-refractivity contribution < 1.29 is 13.2 Å². The highest BCUT2D eigenvalue weighted by molar-refractivity contribution is 7.92. The van der Waals surface area contributed by atoms with Crippen LogP contribution in [0.4, 0.5) is 11.4 Å². The van der Waals surface area contributed by atoms with Crippen LogP contribution in [0.15, 0.2) is 71.6 Å². The van der Waals surface area contributed by atoms with Crippen molar-refractivity contribution in [1.82, 2.24) is 0 Å². The highest BCUT2D eigenvalue weighted by atomic mass is 35.5. The molecule has 0 aliphatic rings. The van der Waals surface area contributed by atoms with Crippen LogP contribution in [0.25, 0.3) is 0 Å². The first kappa shape index (κ1) is 21.9. The number of amides is 1. The van der Waals surface area contributed by atoms with E-state index in [1.807, 2.05) is 32.9 Å². The standard InChI is InChI=1S/C23H23ClN2O3S/c1-16-8-7-11-20(13-16)30(28,29)26(19-9-5-4-6-10-19)15-22(27)25-23-18(3)12-17(2)14-21(23)24/h4-14H,15H2,1-3H3,(H,25,27). The molecule has 30 heavy (non-hydrogen) atoms. The van der Waals surface area contributed by atoms with Gasteiger partial charge in [0.25, 0.3) is 10.0 Å². The number of carbonyl (C=O) groups is 1. The van der Waals surface area contributed by atoms with Gasteiger partial charge in [-0.3, -0.25) is 9.10 Å². The van der Waals surface area contributed by atoms with Gasteiger partial charge >= 0.3 is 0 Å². The SMILES string of the molecule is Cc1cccc(S(=O)(=O)N(CC(=O)Nc2c(C)cc(C)cc2Cl)c2ccccc2)c1. The molecule has 3 aromatic rings. The minimum Gasteiger partial charge on any atom is -0.323 e. The van der Waals surface area contributed by atoms with Gasteiger partial charge in [0, 0.05) is 0 Å². The topological polar surface area (TPSA) is 66.5 Å². The zero-order valence-corrected chi connectivity index (χ0v) is 18.6. The number of anilines is 2. The van der Waals surface area contributed by atoms with E-state index < -0.39 is 15.9 Å². The fourth-order valence-corrected chi connectivity index (χ4v) is 5.09. The molecule has 3 aromatic carbocycles. The fraction of sp³-hybridized carbons (Fsp3) is 0.174. The van der Waals surface area contributed by atoms with Crippen LogP contribution in [0, 0.1) is 20.8 Å². The molecule has 0 aromatic heterocycles. The van der Waals surface area contributed by atoms with E-state index in [0.717, 1.165) is 21.0 Å². The van der Waals surface area contributed by atoms with Gasteiger partial charge in [0.2, 0.25) is 5.91 Å². The lowest BCUT2D eigenvalue weighted by Gasteiger charge is -2.24. The van der Waals surface area contributed by atoms with E-state index in [1.165, 1.54) is 6.07 Å². The van der Waals surface area contributed by atoms with Crippen molar-refractivity contribution in [3.63, 3.8) is 0 Å². The molecule has 1 amide bonds. The Kier molecular flexibility index (Phi) is 6.48. The summed E-state index contributed by atoms with van der Waals surface area (Å²) in [5.41, 5.74) is 3.48. The van der Waals surface area contributed by atoms with Gasteiger partial charge in [0.15, 0.2) is 0 Å². The molecule has 3 rings (SSSR count). The lowest BCUT2D eigenvalue weighted by Crippen LogP contribution is -2.38. The molecule has 0 heterocycles. The van der Waals surface area contributed by atoms with Crippen molar-refractivity contribution in [3.8, 4) is 0 Å². The first-order valence-electron chi connectivity index (χ1n) is 9.39. The normalized spacial score (nSPS) is 11.2. The first-order valence-corrected chi connectivity index (χ1v) is 11.2. The predicted octanol–water partition coefficient (Wildman–Crippen LogP) is 5.10. The molecule has 1 N–H and O–H groups in total. The number of hydrogen-bond acceptors (Lipinski definition) is 3. The van der Waals surface area contributed by atoms with Crippen LogP contribution in [0.1, 0.15) is 16.7 Å². The zero-order chi connectivity index (χ0) is 21.9. The van der Waals surface area contributed by atoms with Gasteiger partial charge in [-0.25, -0.2) is 8.42 Å². The average molecular weight is 443 g/mol. The summed E-state index contributed by atoms with van der Waals surface area (Å²) >= 11 is 6.29. The molecule has 0 aliphatic carbocycles. The third-order valence-electron chi connectivity index (χ3n) is 4.61. The van der Waals surface area contributed by atoms with Gasteiger partial charge < -0.3 is 5.32 Å². The zero-order valence-electron chi connectivity index (χ0n) is 17.0. The van der Waals surface area contributed by atoms with Crippen LogP contribution in [0.3, 0.4) is 0 Å². The molecule has 0 bridgehead atoms. The molecule has 0 radical (unpaired) electrons. The van der Waals surface area contributed by atoms with Crippen LogP contribution < -0.4 is 9.62 Å². The largest absolute Gasteiger partial charge is 0.323 e. The molecule has 0 saturated heterocycles. The Morgan fingerprint density at radius 1 is 0.933 bits per heavy atom. The quantitative estimate of drug-likeness (QED) is 0.577. The van der Waals surface area contributed by atoms with Gasteiger partial charge in [-0.05, 0) is 67.8 Å². The van der Waals surface area contributed by atoms with Crippen molar-refractivity contribution >= 4 is 38.9 Å². The average Bonchev–Trinajstić information content (AvgIpc) is 2.69. The molecule has 7 heteroatoms. The van der Waals surface area contributed by atoms with E-state index in [4.69, 9.17) is 11.6 Å². The molecule has 0 fully saturated rings. The van der Waals surface area contributed by atoms with Crippen molar-refractivity contribution in [2.24, 2.45) is 0 Å². The summed E-state index contributed by atoms with van der Waals surface area (Å²) in [6.07, 6.45) is 0. The Morgan fingerprint density at radius 2 is 1.63 bits per heavy atom. The Morgan fingerprint density at radius 3 is 2.27 bits per heavy atom. The number of para-hydroxylation sites is 1. The van der Waals surface area contributed by atoms with E-state index in [2.05, 4.69) is 5.32 Å².